The van der Waals surface area contributed by atoms with E-state index >= 15 is 0 Å². The number of Topliss-reactive ketones (excluding diaryl/α,β-unsaturated/α-hetero) is 1. The highest BCUT2D eigenvalue weighted by atomic mass is 19.1. The van der Waals surface area contributed by atoms with Crippen LogP contribution in [0, 0.1) is 17.1 Å². The van der Waals surface area contributed by atoms with Crippen molar-refractivity contribution < 1.29 is 14.0 Å². The minimum absolute atomic E-state index is 0.250. The molecule has 1 unspecified atom stereocenters. The van der Waals surface area contributed by atoms with Gasteiger partial charge in [-0.05, 0) is 37.1 Å². The average Bonchev–Trinajstić information content (AvgIpc) is 2.55. The lowest BCUT2D eigenvalue weighted by atomic mass is 9.91. The van der Waals surface area contributed by atoms with Crippen molar-refractivity contribution in [3.63, 3.8) is 0 Å². The summed E-state index contributed by atoms with van der Waals surface area (Å²) in [5.74, 6) is -2.15. The topological polar surface area (TPSA) is 70.0 Å². The number of rotatable bonds is 7. The van der Waals surface area contributed by atoms with Crippen LogP contribution in [0.5, 0.6) is 0 Å². The Morgan fingerprint density at radius 1 is 1.28 bits per heavy atom. The number of nitrogens with zero attached hydrogens (tertiary/aromatic N) is 1. The highest BCUT2D eigenvalue weighted by Crippen LogP contribution is 2.21. The summed E-state index contributed by atoms with van der Waals surface area (Å²) in [4.78, 5) is 24.0. The number of halogens is 1. The molecule has 0 heterocycles. The molecule has 0 saturated carbocycles. The van der Waals surface area contributed by atoms with E-state index in [1.54, 1.807) is 19.1 Å². The fraction of sp³-hybridized carbons (Fsp3) is 0.250. The Balaban J connectivity index is 3.23. The van der Waals surface area contributed by atoms with Crippen molar-refractivity contribution in [1.82, 2.24) is 5.32 Å². The Morgan fingerprint density at radius 3 is 2.44 bits per heavy atom. The largest absolute Gasteiger partial charge is 0.330 e. The SMILES string of the molecule is CC/C=C/C=C(\C=C(/C)NC(C)=O)C(=O)C(C#N)c1ccc(F)cc1. The third-order valence-electron chi connectivity index (χ3n) is 3.27. The number of hydrogen-bond donors (Lipinski definition) is 1. The standard InChI is InChI=1S/C20H21FN2O2/c1-4-5-6-7-17(12-14(2)23-15(3)24)20(25)19(13-22)16-8-10-18(21)11-9-16/h5-12,19H,4H2,1-3H3,(H,23,24)/b6-5+,14-12+,17-7+. The van der Waals surface area contributed by atoms with Crippen LogP contribution in [0.4, 0.5) is 4.39 Å². The van der Waals surface area contributed by atoms with Gasteiger partial charge in [-0.15, -0.1) is 0 Å². The van der Waals surface area contributed by atoms with Crippen molar-refractivity contribution in [2.45, 2.75) is 33.1 Å². The first-order valence-electron chi connectivity index (χ1n) is 7.91. The van der Waals surface area contributed by atoms with Crippen molar-refractivity contribution in [3.8, 4) is 6.07 Å². The summed E-state index contributed by atoms with van der Waals surface area (Å²) in [6.45, 7) is 4.99. The molecule has 1 aromatic carbocycles. The lowest BCUT2D eigenvalue weighted by Crippen LogP contribution is -2.19. The van der Waals surface area contributed by atoms with E-state index in [1.165, 1.54) is 37.3 Å². The van der Waals surface area contributed by atoms with Crippen LogP contribution in [-0.4, -0.2) is 11.7 Å². The molecule has 0 spiro atoms. The van der Waals surface area contributed by atoms with Crippen molar-refractivity contribution in [1.29, 1.82) is 5.26 Å². The van der Waals surface area contributed by atoms with E-state index in [0.29, 0.717) is 11.3 Å². The predicted octanol–water partition coefficient (Wildman–Crippen LogP) is 3.93. The van der Waals surface area contributed by atoms with Crippen LogP contribution in [0.3, 0.4) is 0 Å². The Labute approximate surface area is 147 Å². The van der Waals surface area contributed by atoms with Crippen LogP contribution in [0.1, 0.15) is 38.7 Å². The molecule has 0 aromatic heterocycles. The number of carbonyl (C=O) groups excluding carboxylic acids is 2. The molecule has 1 aromatic rings. The number of nitriles is 1. The predicted molar refractivity (Wildman–Crippen MR) is 94.8 cm³/mol. The zero-order chi connectivity index (χ0) is 18.8. The van der Waals surface area contributed by atoms with E-state index in [2.05, 4.69) is 5.32 Å². The lowest BCUT2D eigenvalue weighted by molar-refractivity contribution is -0.118. The highest BCUT2D eigenvalue weighted by molar-refractivity contribution is 6.04. The van der Waals surface area contributed by atoms with Gasteiger partial charge in [0.05, 0.1) is 6.07 Å². The van der Waals surface area contributed by atoms with Gasteiger partial charge in [0.1, 0.15) is 11.7 Å². The average molecular weight is 340 g/mol. The van der Waals surface area contributed by atoms with Crippen LogP contribution in [0.25, 0.3) is 0 Å². The Morgan fingerprint density at radius 2 is 1.92 bits per heavy atom. The van der Waals surface area contributed by atoms with Crippen molar-refractivity contribution in [2.75, 3.05) is 0 Å². The molecule has 0 aliphatic carbocycles. The van der Waals surface area contributed by atoms with E-state index in [1.807, 2.05) is 19.1 Å². The number of hydrogen-bond acceptors (Lipinski definition) is 3. The minimum atomic E-state index is -1.05. The second-order valence-corrected chi connectivity index (χ2v) is 5.44. The van der Waals surface area contributed by atoms with E-state index in [0.717, 1.165) is 6.42 Å². The maximum atomic E-state index is 13.1. The summed E-state index contributed by atoms with van der Waals surface area (Å²) in [6.07, 6.45) is 7.52. The van der Waals surface area contributed by atoms with Gasteiger partial charge in [-0.2, -0.15) is 5.26 Å². The van der Waals surface area contributed by atoms with Gasteiger partial charge in [0.2, 0.25) is 5.91 Å². The normalized spacial score (nSPS) is 13.4. The van der Waals surface area contributed by atoms with Crippen molar-refractivity contribution >= 4 is 11.7 Å². The van der Waals surface area contributed by atoms with Gasteiger partial charge in [0.25, 0.3) is 0 Å². The number of benzene rings is 1. The Kier molecular flexibility index (Phi) is 8.01. The quantitative estimate of drug-likeness (QED) is 0.604. The maximum Gasteiger partial charge on any atom is 0.220 e. The molecule has 0 aliphatic heterocycles. The summed E-state index contributed by atoms with van der Waals surface area (Å²) in [7, 11) is 0. The van der Waals surface area contributed by atoms with E-state index in [-0.39, 0.29) is 11.5 Å². The van der Waals surface area contributed by atoms with Crippen molar-refractivity contribution in [2.24, 2.45) is 0 Å². The molecule has 0 radical (unpaired) electrons. The molecular formula is C20H21FN2O2. The number of ketones is 1. The molecule has 0 aliphatic rings. The first-order valence-corrected chi connectivity index (χ1v) is 7.91. The van der Waals surface area contributed by atoms with E-state index in [4.69, 9.17) is 0 Å². The molecular weight excluding hydrogens is 319 g/mol. The van der Waals surface area contributed by atoms with E-state index < -0.39 is 17.5 Å². The molecule has 1 atom stereocenters. The zero-order valence-corrected chi connectivity index (χ0v) is 14.5. The molecule has 1 N–H and O–H groups in total. The number of amides is 1. The second-order valence-electron chi connectivity index (χ2n) is 5.44. The fourth-order valence-corrected chi connectivity index (χ4v) is 2.16. The minimum Gasteiger partial charge on any atom is -0.330 e. The smallest absolute Gasteiger partial charge is 0.220 e. The molecule has 0 saturated heterocycles. The summed E-state index contributed by atoms with van der Waals surface area (Å²) in [5.41, 5.74) is 1.20. The van der Waals surface area contributed by atoms with Gasteiger partial charge < -0.3 is 5.32 Å². The van der Waals surface area contributed by atoms with Crippen LogP contribution < -0.4 is 5.32 Å². The summed E-state index contributed by atoms with van der Waals surface area (Å²) in [5, 5.41) is 12.0. The van der Waals surface area contributed by atoms with Crippen LogP contribution in [0.15, 0.2) is 59.8 Å². The van der Waals surface area contributed by atoms with Gasteiger partial charge in [0.15, 0.2) is 5.78 Å². The maximum absolute atomic E-state index is 13.1. The second kappa shape index (κ2) is 9.99. The van der Waals surface area contributed by atoms with Crippen molar-refractivity contribution in [3.05, 3.63) is 71.2 Å². The number of carbonyl (C=O) groups is 2. The highest BCUT2D eigenvalue weighted by Gasteiger charge is 2.22. The summed E-state index contributed by atoms with van der Waals surface area (Å²) >= 11 is 0. The monoisotopic (exact) mass is 340 g/mol. The molecule has 1 amide bonds. The fourth-order valence-electron chi connectivity index (χ4n) is 2.16. The summed E-state index contributed by atoms with van der Waals surface area (Å²) < 4.78 is 13.1. The van der Waals surface area contributed by atoms with Gasteiger partial charge in [0, 0.05) is 18.2 Å². The van der Waals surface area contributed by atoms with Crippen LogP contribution in [0.2, 0.25) is 0 Å². The molecule has 1 rings (SSSR count). The third kappa shape index (κ3) is 6.56. The first kappa shape index (κ1) is 20.0. The molecule has 5 heteroatoms. The zero-order valence-electron chi connectivity index (χ0n) is 14.5. The first-order chi connectivity index (χ1) is 11.9. The molecule has 0 fully saturated rings. The molecule has 25 heavy (non-hydrogen) atoms. The molecule has 4 nitrogen and oxygen atoms in total. The van der Waals surface area contributed by atoms with Gasteiger partial charge in [-0.3, -0.25) is 9.59 Å². The lowest BCUT2D eigenvalue weighted by Gasteiger charge is -2.10. The van der Waals surface area contributed by atoms with Crippen LogP contribution in [-0.2, 0) is 9.59 Å². The van der Waals surface area contributed by atoms with E-state index in [9.17, 15) is 19.2 Å². The molecule has 130 valence electrons. The van der Waals surface area contributed by atoms with Crippen LogP contribution >= 0.6 is 0 Å². The number of allylic oxidation sites excluding steroid dienone is 6. The Bertz CT molecular complexity index is 753. The van der Waals surface area contributed by atoms with Gasteiger partial charge in [-0.25, -0.2) is 4.39 Å². The molecule has 0 bridgehead atoms. The van der Waals surface area contributed by atoms with Gasteiger partial charge in [-0.1, -0.05) is 37.3 Å². The number of nitrogens with one attached hydrogen (secondary N) is 1. The Hall–Kier alpha value is -3.00. The van der Waals surface area contributed by atoms with Gasteiger partial charge >= 0.3 is 0 Å². The summed E-state index contributed by atoms with van der Waals surface area (Å²) in [6, 6.07) is 7.24. The third-order valence-corrected chi connectivity index (χ3v) is 3.27.